The van der Waals surface area contributed by atoms with Crippen LogP contribution >= 0.6 is 15.9 Å². The normalized spacial score (nSPS) is 19.3. The Bertz CT molecular complexity index is 1000. The zero-order valence-electron chi connectivity index (χ0n) is 18.1. The van der Waals surface area contributed by atoms with E-state index in [4.69, 9.17) is 0 Å². The van der Waals surface area contributed by atoms with Gasteiger partial charge in [0, 0.05) is 48.3 Å². The first-order chi connectivity index (χ1) is 15.5. The number of pyridine rings is 1. The summed E-state index contributed by atoms with van der Waals surface area (Å²) in [6.45, 7) is 3.54. The van der Waals surface area contributed by atoms with Gasteiger partial charge >= 0.3 is 0 Å². The van der Waals surface area contributed by atoms with Crippen LogP contribution in [-0.4, -0.2) is 47.2 Å². The molecule has 0 spiro atoms. The van der Waals surface area contributed by atoms with Crippen molar-refractivity contribution in [3.63, 3.8) is 0 Å². The van der Waals surface area contributed by atoms with Crippen LogP contribution in [0.4, 0.5) is 11.5 Å². The van der Waals surface area contributed by atoms with Crippen LogP contribution in [0.2, 0.25) is 0 Å². The molecule has 1 unspecified atom stereocenters. The van der Waals surface area contributed by atoms with Crippen molar-refractivity contribution >= 4 is 45.2 Å². The molecular formula is C24H27BrN4O3. The fourth-order valence-corrected chi connectivity index (χ4v) is 4.71. The molecule has 4 rings (SSSR count). The molecule has 0 radical (unpaired) electrons. The highest BCUT2D eigenvalue weighted by Gasteiger charge is 2.39. The molecule has 3 heterocycles. The van der Waals surface area contributed by atoms with Crippen LogP contribution in [0, 0.1) is 11.8 Å². The van der Waals surface area contributed by atoms with Crippen molar-refractivity contribution in [1.82, 2.24) is 9.88 Å². The molecule has 1 atom stereocenters. The largest absolute Gasteiger partial charge is 0.342 e. The lowest BCUT2D eigenvalue weighted by molar-refractivity contribution is -0.138. The molecule has 0 aliphatic carbocycles. The summed E-state index contributed by atoms with van der Waals surface area (Å²) in [5.74, 6) is -0.00453. The quantitative estimate of drug-likeness (QED) is 0.681. The number of carbonyl (C=O) groups is 3. The first-order valence-electron chi connectivity index (χ1n) is 11.1. The van der Waals surface area contributed by atoms with E-state index in [1.165, 1.54) is 0 Å². The maximum atomic E-state index is 13.1. The first-order valence-corrected chi connectivity index (χ1v) is 11.8. The molecular weight excluding hydrogens is 472 g/mol. The van der Waals surface area contributed by atoms with E-state index in [0.717, 1.165) is 22.1 Å². The number of aromatic nitrogens is 1. The van der Waals surface area contributed by atoms with Gasteiger partial charge in [-0.3, -0.25) is 14.4 Å². The SMILES string of the molecule is CCc1ccccc1N1CC(C(=O)N2CCC(C(=O)Nc3ccc(Br)cn3)CC2)CC1=O. The van der Waals surface area contributed by atoms with Crippen LogP contribution < -0.4 is 10.2 Å². The zero-order valence-corrected chi connectivity index (χ0v) is 19.7. The molecule has 1 aromatic carbocycles. The molecule has 2 aliphatic heterocycles. The van der Waals surface area contributed by atoms with Crippen molar-refractivity contribution < 1.29 is 14.4 Å². The number of benzene rings is 1. The molecule has 0 bridgehead atoms. The summed E-state index contributed by atoms with van der Waals surface area (Å²) in [6, 6.07) is 11.5. The minimum absolute atomic E-state index is 0.000474. The summed E-state index contributed by atoms with van der Waals surface area (Å²) in [7, 11) is 0. The second-order valence-electron chi connectivity index (χ2n) is 8.34. The molecule has 168 valence electrons. The van der Waals surface area contributed by atoms with Crippen molar-refractivity contribution in [1.29, 1.82) is 0 Å². The van der Waals surface area contributed by atoms with Crippen LogP contribution in [0.5, 0.6) is 0 Å². The number of aryl methyl sites for hydroxylation is 1. The van der Waals surface area contributed by atoms with Gasteiger partial charge in [-0.1, -0.05) is 25.1 Å². The van der Waals surface area contributed by atoms with Crippen molar-refractivity contribution in [2.45, 2.75) is 32.6 Å². The van der Waals surface area contributed by atoms with Crippen LogP contribution in [0.1, 0.15) is 31.7 Å². The molecule has 1 aromatic heterocycles. The molecule has 2 fully saturated rings. The number of nitrogens with zero attached hydrogens (tertiary/aromatic N) is 3. The van der Waals surface area contributed by atoms with E-state index in [1.807, 2.05) is 35.2 Å². The van der Waals surface area contributed by atoms with Crippen molar-refractivity contribution in [2.24, 2.45) is 11.8 Å². The van der Waals surface area contributed by atoms with Gasteiger partial charge in [0.25, 0.3) is 0 Å². The van der Waals surface area contributed by atoms with E-state index < -0.39 is 0 Å². The Morgan fingerprint density at radius 3 is 2.56 bits per heavy atom. The molecule has 2 saturated heterocycles. The van der Waals surface area contributed by atoms with Gasteiger partial charge < -0.3 is 15.1 Å². The average molecular weight is 499 g/mol. The van der Waals surface area contributed by atoms with Crippen LogP contribution in [0.3, 0.4) is 0 Å². The number of anilines is 2. The molecule has 1 N–H and O–H groups in total. The van der Waals surface area contributed by atoms with Gasteiger partial charge in [-0.2, -0.15) is 0 Å². The number of halogens is 1. The summed E-state index contributed by atoms with van der Waals surface area (Å²) < 4.78 is 0.851. The lowest BCUT2D eigenvalue weighted by atomic mass is 9.94. The maximum Gasteiger partial charge on any atom is 0.228 e. The number of hydrogen-bond donors (Lipinski definition) is 1. The number of piperidine rings is 1. The Kier molecular flexibility index (Phi) is 6.89. The van der Waals surface area contributed by atoms with E-state index >= 15 is 0 Å². The Morgan fingerprint density at radius 1 is 1.12 bits per heavy atom. The van der Waals surface area contributed by atoms with Crippen LogP contribution in [-0.2, 0) is 20.8 Å². The molecule has 7 nitrogen and oxygen atoms in total. The second-order valence-corrected chi connectivity index (χ2v) is 9.25. The number of hydrogen-bond acceptors (Lipinski definition) is 4. The smallest absolute Gasteiger partial charge is 0.228 e. The first kappa shape index (κ1) is 22.5. The second kappa shape index (κ2) is 9.81. The van der Waals surface area contributed by atoms with E-state index in [2.05, 4.69) is 33.2 Å². The third kappa shape index (κ3) is 4.85. The van der Waals surface area contributed by atoms with Gasteiger partial charge in [-0.25, -0.2) is 4.98 Å². The van der Waals surface area contributed by atoms with Crippen LogP contribution in [0.15, 0.2) is 47.1 Å². The minimum Gasteiger partial charge on any atom is -0.342 e. The minimum atomic E-state index is -0.329. The summed E-state index contributed by atoms with van der Waals surface area (Å²) in [5.41, 5.74) is 2.02. The number of amides is 3. The van der Waals surface area contributed by atoms with Gasteiger partial charge in [0.15, 0.2) is 0 Å². The van der Waals surface area contributed by atoms with Gasteiger partial charge in [0.1, 0.15) is 5.82 Å². The fourth-order valence-electron chi connectivity index (χ4n) is 4.48. The van der Waals surface area contributed by atoms with E-state index in [9.17, 15) is 14.4 Å². The predicted molar refractivity (Wildman–Crippen MR) is 126 cm³/mol. The molecule has 2 aromatic rings. The Hall–Kier alpha value is -2.74. The van der Waals surface area contributed by atoms with Crippen molar-refractivity contribution in [3.05, 3.63) is 52.6 Å². The zero-order chi connectivity index (χ0) is 22.7. The van der Waals surface area contributed by atoms with Crippen molar-refractivity contribution in [2.75, 3.05) is 29.9 Å². The lowest BCUT2D eigenvalue weighted by Gasteiger charge is -2.32. The van der Waals surface area contributed by atoms with Gasteiger partial charge in [-0.15, -0.1) is 0 Å². The highest BCUT2D eigenvalue weighted by molar-refractivity contribution is 9.10. The van der Waals surface area contributed by atoms with Crippen molar-refractivity contribution in [3.8, 4) is 0 Å². The van der Waals surface area contributed by atoms with Gasteiger partial charge in [0.2, 0.25) is 17.7 Å². The summed E-state index contributed by atoms with van der Waals surface area (Å²) in [4.78, 5) is 46.1. The maximum absolute atomic E-state index is 13.1. The molecule has 2 aliphatic rings. The van der Waals surface area contributed by atoms with Gasteiger partial charge in [-0.05, 0) is 59.0 Å². The number of likely N-dealkylation sites (tertiary alicyclic amines) is 1. The number of carbonyl (C=O) groups excluding carboxylic acids is 3. The lowest BCUT2D eigenvalue weighted by Crippen LogP contribution is -2.44. The standard InChI is InChI=1S/C24H27BrN4O3/c1-2-16-5-3-4-6-20(16)29-15-18(13-22(29)30)24(32)28-11-9-17(10-12-28)23(31)27-21-8-7-19(25)14-26-21/h3-8,14,17-18H,2,9-13,15H2,1H3,(H,26,27,31). The summed E-state index contributed by atoms with van der Waals surface area (Å²) >= 11 is 3.33. The monoisotopic (exact) mass is 498 g/mol. The molecule has 32 heavy (non-hydrogen) atoms. The average Bonchev–Trinajstić information content (AvgIpc) is 3.21. The fraction of sp³-hybridized carbons (Fsp3) is 0.417. The third-order valence-electron chi connectivity index (χ3n) is 6.29. The summed E-state index contributed by atoms with van der Waals surface area (Å²) in [5, 5.41) is 2.85. The van der Waals surface area contributed by atoms with E-state index in [-0.39, 0.29) is 36.0 Å². The molecule has 3 amide bonds. The van der Waals surface area contributed by atoms with E-state index in [0.29, 0.717) is 38.3 Å². The third-order valence-corrected chi connectivity index (χ3v) is 6.76. The highest BCUT2D eigenvalue weighted by atomic mass is 79.9. The molecule has 8 heteroatoms. The Balaban J connectivity index is 1.32. The van der Waals surface area contributed by atoms with Crippen LogP contribution in [0.25, 0.3) is 0 Å². The number of para-hydroxylation sites is 1. The molecule has 0 saturated carbocycles. The number of rotatable bonds is 5. The highest BCUT2D eigenvalue weighted by Crippen LogP contribution is 2.30. The topological polar surface area (TPSA) is 82.6 Å². The Morgan fingerprint density at radius 2 is 1.88 bits per heavy atom. The summed E-state index contributed by atoms with van der Waals surface area (Å²) in [6.07, 6.45) is 3.94. The predicted octanol–water partition coefficient (Wildman–Crippen LogP) is 3.64. The Labute approximate surface area is 196 Å². The number of nitrogens with one attached hydrogen (secondary N) is 1. The van der Waals surface area contributed by atoms with E-state index in [1.54, 1.807) is 17.2 Å². The van der Waals surface area contributed by atoms with Gasteiger partial charge in [0.05, 0.1) is 5.92 Å².